The van der Waals surface area contributed by atoms with Gasteiger partial charge in [0, 0.05) is 30.4 Å². The van der Waals surface area contributed by atoms with E-state index in [0.717, 1.165) is 0 Å². The van der Waals surface area contributed by atoms with Crippen LogP contribution in [-0.4, -0.2) is 91.4 Å². The Balaban J connectivity index is 1.93. The molecule has 1 spiro atoms. The molecule has 1 unspecified atom stereocenters. The number of rotatable bonds is 2. The van der Waals surface area contributed by atoms with Gasteiger partial charge in [-0.1, -0.05) is 24.3 Å². The Bertz CT molecular complexity index is 881. The smallest absolute Gasteiger partial charge is 0.247 e. The van der Waals surface area contributed by atoms with Gasteiger partial charge in [0.15, 0.2) is 0 Å². The Morgan fingerprint density at radius 2 is 1.74 bits per heavy atom. The van der Waals surface area contributed by atoms with Gasteiger partial charge in [0.2, 0.25) is 17.7 Å². The van der Waals surface area contributed by atoms with E-state index in [1.54, 1.807) is 40.4 Å². The Hall–Kier alpha value is -1.80. The molecule has 6 atom stereocenters. The molecule has 4 aliphatic heterocycles. The van der Waals surface area contributed by atoms with Crippen LogP contribution in [0.2, 0.25) is 0 Å². The van der Waals surface area contributed by atoms with Gasteiger partial charge in [-0.25, -0.2) is 0 Å². The highest BCUT2D eigenvalue weighted by atomic mass is 32.2. The molecule has 4 aliphatic rings. The number of aliphatic hydroxyl groups excluding tert-OH is 1. The molecule has 7 nitrogen and oxygen atoms in total. The summed E-state index contributed by atoms with van der Waals surface area (Å²) in [6, 6.07) is -1.27. The van der Waals surface area contributed by atoms with E-state index in [2.05, 4.69) is 0 Å². The Morgan fingerprint density at radius 3 is 2.35 bits per heavy atom. The predicted octanol–water partition coefficient (Wildman–Crippen LogP) is 1.28. The Labute approximate surface area is 188 Å². The topological polar surface area (TPSA) is 81.2 Å². The summed E-state index contributed by atoms with van der Waals surface area (Å²) in [4.78, 5) is 46.4. The molecule has 0 aromatic heterocycles. The summed E-state index contributed by atoms with van der Waals surface area (Å²) in [5.74, 6) is -1.61. The second-order valence-electron chi connectivity index (χ2n) is 10.4. The molecular weight excluding hydrogens is 414 g/mol. The summed E-state index contributed by atoms with van der Waals surface area (Å²) in [5.41, 5.74) is -0.421. The minimum absolute atomic E-state index is 0.0646. The molecule has 0 aliphatic carbocycles. The third-order valence-corrected chi connectivity index (χ3v) is 9.04. The van der Waals surface area contributed by atoms with E-state index < -0.39 is 39.0 Å². The highest BCUT2D eigenvalue weighted by molar-refractivity contribution is 8.02. The lowest BCUT2D eigenvalue weighted by Crippen LogP contribution is -2.59. The highest BCUT2D eigenvalue weighted by Crippen LogP contribution is 2.65. The standard InChI is InChI=1S/C23H33N3O4S/c1-14(13-27)26-17-20(30)25(21(2,3)4)12-8-10-23(17)16(19(26)29)15-18(28)24(6)11-7-9-22(15,5)31-23/h7-10,14-17,27H,11-13H2,1-6H3/t14-,15-,16+,17?,22+,23+/m1/s1. The number of nitrogens with zero attached hydrogens (tertiary/aromatic N) is 3. The molecule has 4 heterocycles. The molecule has 0 saturated carbocycles. The molecule has 0 aromatic rings. The number of aliphatic hydroxyl groups is 1. The van der Waals surface area contributed by atoms with Crippen molar-refractivity contribution < 1.29 is 19.5 Å². The summed E-state index contributed by atoms with van der Waals surface area (Å²) >= 11 is 1.57. The zero-order valence-electron chi connectivity index (χ0n) is 19.2. The largest absolute Gasteiger partial charge is 0.394 e. The van der Waals surface area contributed by atoms with Crippen LogP contribution in [-0.2, 0) is 14.4 Å². The number of thioether (sulfide) groups is 1. The zero-order valence-corrected chi connectivity index (χ0v) is 20.0. The summed E-state index contributed by atoms with van der Waals surface area (Å²) in [7, 11) is 1.76. The lowest BCUT2D eigenvalue weighted by molar-refractivity contribution is -0.148. The van der Waals surface area contributed by atoms with Gasteiger partial charge in [-0.2, -0.15) is 0 Å². The van der Waals surface area contributed by atoms with Crippen LogP contribution in [0.15, 0.2) is 24.3 Å². The third kappa shape index (κ3) is 3.01. The van der Waals surface area contributed by atoms with Crippen LogP contribution in [0.1, 0.15) is 34.6 Å². The van der Waals surface area contributed by atoms with Crippen LogP contribution in [0.4, 0.5) is 0 Å². The van der Waals surface area contributed by atoms with Gasteiger partial charge in [0.25, 0.3) is 0 Å². The Morgan fingerprint density at radius 1 is 1.10 bits per heavy atom. The maximum Gasteiger partial charge on any atom is 0.247 e. The summed E-state index contributed by atoms with van der Waals surface area (Å²) in [6.45, 7) is 10.5. The van der Waals surface area contributed by atoms with E-state index in [0.29, 0.717) is 13.1 Å². The first-order valence-electron chi connectivity index (χ1n) is 10.9. The summed E-state index contributed by atoms with van der Waals surface area (Å²) < 4.78 is -1.44. The number of hydrogen-bond donors (Lipinski definition) is 1. The van der Waals surface area contributed by atoms with E-state index in [1.807, 2.05) is 52.0 Å². The molecule has 170 valence electrons. The molecule has 2 fully saturated rings. The quantitative estimate of drug-likeness (QED) is 0.645. The third-order valence-electron chi connectivity index (χ3n) is 7.25. The van der Waals surface area contributed by atoms with Gasteiger partial charge in [-0.3, -0.25) is 14.4 Å². The summed E-state index contributed by atoms with van der Waals surface area (Å²) in [5, 5.41) is 9.94. The lowest BCUT2D eigenvalue weighted by Gasteiger charge is -2.42. The molecule has 1 N–H and O–H groups in total. The number of hydrogen-bond acceptors (Lipinski definition) is 5. The minimum atomic E-state index is -0.852. The SMILES string of the molecule is C[C@H](CO)N1C(=O)[C@@H]2[C@@H]3C(=O)N(C)CC=C[C@]3(C)S[C@@]23C=CCN(C(C)(C)C)C(=O)C13. The molecule has 0 bridgehead atoms. The fourth-order valence-electron chi connectivity index (χ4n) is 5.75. The van der Waals surface area contributed by atoms with Crippen molar-refractivity contribution in [3.63, 3.8) is 0 Å². The first-order valence-corrected chi connectivity index (χ1v) is 11.8. The number of carbonyl (C=O) groups excluding carboxylic acids is 3. The molecule has 31 heavy (non-hydrogen) atoms. The highest BCUT2D eigenvalue weighted by Gasteiger charge is 2.74. The van der Waals surface area contributed by atoms with Crippen LogP contribution < -0.4 is 0 Å². The van der Waals surface area contributed by atoms with E-state index in [1.165, 1.54) is 0 Å². The maximum atomic E-state index is 14.0. The average Bonchev–Trinajstić information content (AvgIpc) is 2.96. The van der Waals surface area contributed by atoms with Gasteiger partial charge in [-0.05, 0) is 34.6 Å². The molecule has 0 radical (unpaired) electrons. The maximum absolute atomic E-state index is 14.0. The van der Waals surface area contributed by atoms with Crippen molar-refractivity contribution >= 4 is 29.5 Å². The number of likely N-dealkylation sites (tertiary alicyclic amines) is 1. The van der Waals surface area contributed by atoms with Gasteiger partial charge in [0.1, 0.15) is 6.04 Å². The van der Waals surface area contributed by atoms with Crippen LogP contribution in [0.25, 0.3) is 0 Å². The molecule has 2 saturated heterocycles. The van der Waals surface area contributed by atoms with E-state index >= 15 is 0 Å². The predicted molar refractivity (Wildman–Crippen MR) is 120 cm³/mol. The van der Waals surface area contributed by atoms with E-state index in [-0.39, 0.29) is 24.3 Å². The minimum Gasteiger partial charge on any atom is -0.394 e. The molecule has 8 heteroatoms. The lowest BCUT2D eigenvalue weighted by atomic mass is 9.74. The average molecular weight is 448 g/mol. The zero-order chi connectivity index (χ0) is 22.9. The van der Waals surface area contributed by atoms with Crippen LogP contribution in [0.3, 0.4) is 0 Å². The second-order valence-corrected chi connectivity index (χ2v) is 12.2. The van der Waals surface area contributed by atoms with Crippen LogP contribution in [0, 0.1) is 11.8 Å². The number of likely N-dealkylation sites (N-methyl/N-ethyl adjacent to an activating group) is 1. The van der Waals surface area contributed by atoms with Crippen molar-refractivity contribution in [2.45, 2.75) is 61.7 Å². The number of amides is 3. The number of carbonyl (C=O) groups is 3. The fourth-order valence-corrected chi connectivity index (χ4v) is 7.89. The normalized spacial score (nSPS) is 38.7. The van der Waals surface area contributed by atoms with Crippen molar-refractivity contribution in [2.75, 3.05) is 26.7 Å². The molecule has 4 rings (SSSR count). The Kier molecular flexibility index (Phi) is 5.13. The first kappa shape index (κ1) is 22.4. The van der Waals surface area contributed by atoms with Crippen molar-refractivity contribution in [3.05, 3.63) is 24.3 Å². The summed E-state index contributed by atoms with van der Waals surface area (Å²) in [6.07, 6.45) is 8.03. The van der Waals surface area contributed by atoms with Gasteiger partial charge in [0.05, 0.1) is 29.2 Å². The van der Waals surface area contributed by atoms with Crippen LogP contribution >= 0.6 is 11.8 Å². The van der Waals surface area contributed by atoms with E-state index in [4.69, 9.17) is 0 Å². The van der Waals surface area contributed by atoms with E-state index in [9.17, 15) is 19.5 Å². The van der Waals surface area contributed by atoms with Crippen molar-refractivity contribution in [2.24, 2.45) is 11.8 Å². The molecule has 3 amide bonds. The van der Waals surface area contributed by atoms with Gasteiger partial charge in [-0.15, -0.1) is 11.8 Å². The fraction of sp³-hybridized carbons (Fsp3) is 0.696. The van der Waals surface area contributed by atoms with Gasteiger partial charge >= 0.3 is 0 Å². The van der Waals surface area contributed by atoms with Gasteiger partial charge < -0.3 is 19.8 Å². The monoisotopic (exact) mass is 447 g/mol. The first-order chi connectivity index (χ1) is 14.4. The van der Waals surface area contributed by atoms with Crippen molar-refractivity contribution in [1.82, 2.24) is 14.7 Å². The number of fused-ring (bicyclic) bond motifs is 2. The van der Waals surface area contributed by atoms with Crippen LogP contribution in [0.5, 0.6) is 0 Å². The molecular formula is C23H33N3O4S. The molecule has 0 aromatic carbocycles. The second kappa shape index (κ2) is 7.10. The van der Waals surface area contributed by atoms with Crippen molar-refractivity contribution in [1.29, 1.82) is 0 Å². The van der Waals surface area contributed by atoms with Crippen molar-refractivity contribution in [3.8, 4) is 0 Å².